The number of fused-ring (bicyclic) bond motifs is 3. The molecule has 0 bridgehead atoms. The zero-order chi connectivity index (χ0) is 14.2. The highest BCUT2D eigenvalue weighted by atomic mass is 35.5. The van der Waals surface area contributed by atoms with Gasteiger partial charge in [-0.2, -0.15) is 4.52 Å². The zero-order valence-electron chi connectivity index (χ0n) is 10.9. The second-order valence-corrected chi connectivity index (χ2v) is 5.06. The number of hydrogen-bond donors (Lipinski definition) is 1. The third kappa shape index (κ3) is 2.08. The normalized spacial score (nSPS) is 11.1. The summed E-state index contributed by atoms with van der Waals surface area (Å²) in [6, 6.07) is 15.5. The van der Waals surface area contributed by atoms with Crippen LogP contribution in [0.3, 0.4) is 0 Å². The van der Waals surface area contributed by atoms with Gasteiger partial charge in [-0.25, -0.2) is 0 Å². The number of nitrogens with zero attached hydrogens (tertiary/aromatic N) is 4. The average molecular weight is 296 g/mol. The van der Waals surface area contributed by atoms with Crippen LogP contribution in [0.1, 0.15) is 0 Å². The molecule has 0 amide bonds. The van der Waals surface area contributed by atoms with Gasteiger partial charge in [0, 0.05) is 21.5 Å². The van der Waals surface area contributed by atoms with E-state index in [1.807, 2.05) is 48.5 Å². The zero-order valence-corrected chi connectivity index (χ0v) is 11.6. The van der Waals surface area contributed by atoms with Gasteiger partial charge in [0.05, 0.1) is 0 Å². The van der Waals surface area contributed by atoms with Gasteiger partial charge >= 0.3 is 0 Å². The molecule has 0 spiro atoms. The number of aromatic nitrogens is 4. The molecule has 0 radical (unpaired) electrons. The molecule has 0 aliphatic carbocycles. The molecular weight excluding hydrogens is 286 g/mol. The Kier molecular flexibility index (Phi) is 2.72. The molecule has 0 saturated heterocycles. The first-order valence-electron chi connectivity index (χ1n) is 6.42. The van der Waals surface area contributed by atoms with E-state index in [9.17, 15) is 0 Å². The highest BCUT2D eigenvalue weighted by molar-refractivity contribution is 6.30. The number of benzene rings is 2. The Bertz CT molecular complexity index is 930. The molecule has 2 aromatic heterocycles. The molecule has 2 heterocycles. The topological polar surface area (TPSA) is 55.1 Å². The molecule has 5 nitrogen and oxygen atoms in total. The third-order valence-corrected chi connectivity index (χ3v) is 3.52. The van der Waals surface area contributed by atoms with Gasteiger partial charge in [0.15, 0.2) is 11.5 Å². The fraction of sp³-hybridized carbons (Fsp3) is 0. The van der Waals surface area contributed by atoms with Gasteiger partial charge < -0.3 is 5.32 Å². The van der Waals surface area contributed by atoms with Crippen LogP contribution < -0.4 is 5.32 Å². The fourth-order valence-electron chi connectivity index (χ4n) is 2.29. The Morgan fingerprint density at radius 1 is 0.952 bits per heavy atom. The van der Waals surface area contributed by atoms with E-state index in [0.717, 1.165) is 27.9 Å². The summed E-state index contributed by atoms with van der Waals surface area (Å²) in [4.78, 5) is 0. The fourth-order valence-corrected chi connectivity index (χ4v) is 2.41. The first-order valence-corrected chi connectivity index (χ1v) is 6.80. The molecule has 1 N–H and O–H groups in total. The van der Waals surface area contributed by atoms with E-state index in [0.29, 0.717) is 5.02 Å². The number of hydrogen-bond acceptors (Lipinski definition) is 4. The number of halogens is 1. The van der Waals surface area contributed by atoms with Crippen molar-refractivity contribution in [3.8, 4) is 0 Å². The molecule has 0 aliphatic heterocycles. The Hall–Kier alpha value is -2.66. The highest BCUT2D eigenvalue weighted by Gasteiger charge is 2.09. The molecule has 0 unspecified atom stereocenters. The van der Waals surface area contributed by atoms with Gasteiger partial charge in [0.1, 0.15) is 6.33 Å². The summed E-state index contributed by atoms with van der Waals surface area (Å²) in [6.07, 6.45) is 1.59. The summed E-state index contributed by atoms with van der Waals surface area (Å²) in [5.74, 6) is 0.750. The van der Waals surface area contributed by atoms with E-state index in [1.165, 1.54) is 0 Å². The molecule has 0 fully saturated rings. The highest BCUT2D eigenvalue weighted by Crippen LogP contribution is 2.26. The van der Waals surface area contributed by atoms with Crippen LogP contribution in [-0.2, 0) is 0 Å². The number of nitrogens with one attached hydrogen (secondary N) is 1. The first kappa shape index (κ1) is 12.1. The minimum atomic E-state index is 0.702. The van der Waals surface area contributed by atoms with Gasteiger partial charge in [-0.15, -0.1) is 15.3 Å². The Morgan fingerprint density at radius 3 is 2.52 bits per heavy atom. The lowest BCUT2D eigenvalue weighted by molar-refractivity contribution is 0.941. The van der Waals surface area contributed by atoms with Gasteiger partial charge in [0.2, 0.25) is 0 Å². The maximum atomic E-state index is 5.91. The summed E-state index contributed by atoms with van der Waals surface area (Å²) >= 11 is 5.91. The van der Waals surface area contributed by atoms with Crippen LogP contribution in [0, 0.1) is 0 Å². The van der Waals surface area contributed by atoms with Crippen molar-refractivity contribution in [2.75, 3.05) is 5.32 Å². The number of anilines is 2. The monoisotopic (exact) mass is 295 g/mol. The number of rotatable bonds is 2. The molecule has 4 rings (SSSR count). The summed E-state index contributed by atoms with van der Waals surface area (Å²) < 4.78 is 1.67. The molecular formula is C15H10ClN5. The molecule has 0 atom stereocenters. The van der Waals surface area contributed by atoms with Crippen molar-refractivity contribution in [2.24, 2.45) is 0 Å². The van der Waals surface area contributed by atoms with Crippen molar-refractivity contribution in [3.05, 3.63) is 59.9 Å². The molecule has 6 heteroatoms. The van der Waals surface area contributed by atoms with Crippen LogP contribution in [0.5, 0.6) is 0 Å². The summed E-state index contributed by atoms with van der Waals surface area (Å²) in [5.41, 5.74) is 1.66. The van der Waals surface area contributed by atoms with Gasteiger partial charge in [-0.1, -0.05) is 35.9 Å². The van der Waals surface area contributed by atoms with E-state index in [-0.39, 0.29) is 0 Å². The lowest BCUT2D eigenvalue weighted by atomic mass is 10.2. The summed E-state index contributed by atoms with van der Waals surface area (Å²) in [7, 11) is 0. The molecule has 0 saturated carbocycles. The summed E-state index contributed by atoms with van der Waals surface area (Å²) in [5, 5.41) is 18.6. The smallest absolute Gasteiger partial charge is 0.185 e. The average Bonchev–Trinajstić information content (AvgIpc) is 2.98. The second-order valence-electron chi connectivity index (χ2n) is 4.63. The van der Waals surface area contributed by atoms with Gasteiger partial charge in [-0.05, 0) is 24.3 Å². The van der Waals surface area contributed by atoms with E-state index < -0.39 is 0 Å². The molecule has 0 aliphatic rings. The van der Waals surface area contributed by atoms with Crippen molar-refractivity contribution in [1.82, 2.24) is 19.8 Å². The lowest BCUT2D eigenvalue weighted by Crippen LogP contribution is -2.00. The van der Waals surface area contributed by atoms with Crippen molar-refractivity contribution in [1.29, 1.82) is 0 Å². The van der Waals surface area contributed by atoms with Crippen LogP contribution in [0.25, 0.3) is 16.4 Å². The maximum Gasteiger partial charge on any atom is 0.185 e. The Morgan fingerprint density at radius 2 is 1.71 bits per heavy atom. The summed E-state index contributed by atoms with van der Waals surface area (Å²) in [6.45, 7) is 0. The minimum absolute atomic E-state index is 0.702. The van der Waals surface area contributed by atoms with Crippen LogP contribution in [0.4, 0.5) is 11.5 Å². The molecule has 2 aromatic carbocycles. The van der Waals surface area contributed by atoms with Gasteiger partial charge in [-0.3, -0.25) is 0 Å². The van der Waals surface area contributed by atoms with E-state index >= 15 is 0 Å². The van der Waals surface area contributed by atoms with Crippen molar-refractivity contribution < 1.29 is 0 Å². The SMILES string of the molecule is Clc1ccc(Nc2nn3cnnc3c3ccccc23)cc1. The van der Waals surface area contributed by atoms with E-state index in [4.69, 9.17) is 11.6 Å². The third-order valence-electron chi connectivity index (χ3n) is 3.27. The molecule has 4 aromatic rings. The predicted molar refractivity (Wildman–Crippen MR) is 83.0 cm³/mol. The Balaban J connectivity index is 1.91. The van der Waals surface area contributed by atoms with Crippen LogP contribution in [-0.4, -0.2) is 19.8 Å². The van der Waals surface area contributed by atoms with Crippen LogP contribution in [0.2, 0.25) is 5.02 Å². The quantitative estimate of drug-likeness (QED) is 0.613. The second kappa shape index (κ2) is 4.71. The lowest BCUT2D eigenvalue weighted by Gasteiger charge is -2.09. The van der Waals surface area contributed by atoms with E-state index in [2.05, 4.69) is 20.6 Å². The molecule has 21 heavy (non-hydrogen) atoms. The van der Waals surface area contributed by atoms with Crippen molar-refractivity contribution >= 4 is 39.5 Å². The van der Waals surface area contributed by atoms with Crippen molar-refractivity contribution in [3.63, 3.8) is 0 Å². The van der Waals surface area contributed by atoms with Crippen molar-refractivity contribution in [2.45, 2.75) is 0 Å². The minimum Gasteiger partial charge on any atom is -0.338 e. The largest absolute Gasteiger partial charge is 0.338 e. The van der Waals surface area contributed by atoms with Gasteiger partial charge in [0.25, 0.3) is 0 Å². The predicted octanol–water partition coefficient (Wildman–Crippen LogP) is 3.67. The first-order chi connectivity index (χ1) is 10.3. The van der Waals surface area contributed by atoms with Crippen LogP contribution >= 0.6 is 11.6 Å². The molecule has 102 valence electrons. The Labute approximate surface area is 125 Å². The van der Waals surface area contributed by atoms with E-state index in [1.54, 1.807) is 10.8 Å². The standard InChI is InChI=1S/C15H10ClN5/c16-10-5-7-11(8-6-10)18-14-12-3-1-2-4-13(12)15-19-17-9-21(15)20-14/h1-9H,(H,18,20). The van der Waals surface area contributed by atoms with Crippen LogP contribution in [0.15, 0.2) is 54.9 Å². The maximum absolute atomic E-state index is 5.91.